The summed E-state index contributed by atoms with van der Waals surface area (Å²) in [5.74, 6) is 0. The maximum Gasteiger partial charge on any atom is 0.345 e. The highest BCUT2D eigenvalue weighted by molar-refractivity contribution is 6.99. The fraction of sp³-hybridized carbons (Fsp3) is 0.333. The summed E-state index contributed by atoms with van der Waals surface area (Å²) in [7, 11) is 1.66. The Morgan fingerprint density at radius 2 is 2.46 bits per heavy atom. The van der Waals surface area contributed by atoms with Gasteiger partial charge in [0.1, 0.15) is 6.33 Å². The van der Waals surface area contributed by atoms with E-state index in [-0.39, 0.29) is 5.69 Å². The van der Waals surface area contributed by atoms with Crippen LogP contribution in [0.5, 0.6) is 0 Å². The Morgan fingerprint density at radius 3 is 3.00 bits per heavy atom. The van der Waals surface area contributed by atoms with Gasteiger partial charge in [-0.3, -0.25) is 4.57 Å². The first-order valence-corrected chi connectivity index (χ1v) is 4.35. The van der Waals surface area contributed by atoms with Crippen LogP contribution in [0.3, 0.4) is 0 Å². The van der Waals surface area contributed by atoms with Gasteiger partial charge in [0, 0.05) is 7.05 Å². The molecule has 0 radical (unpaired) electrons. The van der Waals surface area contributed by atoms with Crippen LogP contribution in [0.1, 0.15) is 5.69 Å². The molecule has 0 aliphatic rings. The smallest absolute Gasteiger partial charge is 0.285 e. The fourth-order valence-electron chi connectivity index (χ4n) is 0.936. The molecule has 0 bridgehead atoms. The van der Waals surface area contributed by atoms with Gasteiger partial charge in [-0.15, -0.1) is 0 Å². The second-order valence-electron chi connectivity index (χ2n) is 2.58. The van der Waals surface area contributed by atoms with Crippen LogP contribution in [0, 0.1) is 0 Å². The molecule has 0 atom stereocenters. The van der Waals surface area contributed by atoms with E-state index in [4.69, 9.17) is 0 Å². The molecule has 0 unspecified atom stereocenters. The van der Waals surface area contributed by atoms with E-state index in [1.165, 1.54) is 15.6 Å². The van der Waals surface area contributed by atoms with Crippen molar-refractivity contribution >= 4 is 11.7 Å². The van der Waals surface area contributed by atoms with Crippen molar-refractivity contribution in [3.63, 3.8) is 0 Å². The summed E-state index contributed by atoms with van der Waals surface area (Å²) in [5.41, 5.74) is 0.610. The summed E-state index contributed by atoms with van der Waals surface area (Å²) in [4.78, 5) is 11.3. The average Bonchev–Trinajstić information content (AvgIpc) is 2.71. The minimum absolute atomic E-state index is 0.145. The summed E-state index contributed by atoms with van der Waals surface area (Å²) in [5, 5.41) is 3.89. The van der Waals surface area contributed by atoms with Crippen molar-refractivity contribution in [2.45, 2.75) is 6.54 Å². The lowest BCUT2D eigenvalue weighted by atomic mass is 10.5. The van der Waals surface area contributed by atoms with Crippen LogP contribution >= 0.6 is 11.7 Å². The Morgan fingerprint density at radius 1 is 1.62 bits per heavy atom. The van der Waals surface area contributed by atoms with Crippen LogP contribution in [0.15, 0.2) is 17.3 Å². The van der Waals surface area contributed by atoms with Crippen LogP contribution in [0.4, 0.5) is 0 Å². The Labute approximate surface area is 77.8 Å². The second kappa shape index (κ2) is 3.09. The third-order valence-electron chi connectivity index (χ3n) is 1.61. The summed E-state index contributed by atoms with van der Waals surface area (Å²) in [6, 6.07) is 0. The molecule has 0 aliphatic carbocycles. The molecule has 6 nitrogen and oxygen atoms in total. The van der Waals surface area contributed by atoms with Crippen molar-refractivity contribution in [1.29, 1.82) is 0 Å². The van der Waals surface area contributed by atoms with Gasteiger partial charge in [-0.25, -0.2) is 9.48 Å². The molecule has 2 heterocycles. The second-order valence-corrected chi connectivity index (χ2v) is 3.14. The molecule has 2 aromatic rings. The molecule has 2 rings (SSSR count). The van der Waals surface area contributed by atoms with E-state index >= 15 is 0 Å². The Bertz CT molecular complexity index is 442. The molecule has 7 heteroatoms. The van der Waals surface area contributed by atoms with E-state index in [0.717, 1.165) is 17.4 Å². The van der Waals surface area contributed by atoms with Crippen molar-refractivity contribution in [2.24, 2.45) is 7.05 Å². The van der Waals surface area contributed by atoms with Gasteiger partial charge in [-0.2, -0.15) is 13.8 Å². The first-order valence-electron chi connectivity index (χ1n) is 3.62. The van der Waals surface area contributed by atoms with Gasteiger partial charge in [0.15, 0.2) is 0 Å². The van der Waals surface area contributed by atoms with Gasteiger partial charge in [-0.1, -0.05) is 0 Å². The van der Waals surface area contributed by atoms with E-state index in [0.29, 0.717) is 6.54 Å². The first-order chi connectivity index (χ1) is 6.27. The third-order valence-corrected chi connectivity index (χ3v) is 2.12. The predicted molar refractivity (Wildman–Crippen MR) is 46.5 cm³/mol. The van der Waals surface area contributed by atoms with E-state index in [2.05, 4.69) is 13.8 Å². The highest BCUT2D eigenvalue weighted by Crippen LogP contribution is 1.95. The molecule has 2 aromatic heterocycles. The number of rotatable bonds is 2. The maximum atomic E-state index is 11.3. The van der Waals surface area contributed by atoms with E-state index in [1.807, 2.05) is 0 Å². The Hall–Kier alpha value is -1.50. The molecule has 0 N–H and O–H groups in total. The average molecular weight is 197 g/mol. The molecule has 68 valence electrons. The van der Waals surface area contributed by atoms with Crippen LogP contribution in [0.25, 0.3) is 0 Å². The topological polar surface area (TPSA) is 65.6 Å². The lowest BCUT2D eigenvalue weighted by molar-refractivity contribution is 0.639. The summed E-state index contributed by atoms with van der Waals surface area (Å²) < 4.78 is 10.6. The number of aryl methyl sites for hydroxylation is 1. The molecule has 0 aliphatic heterocycles. The van der Waals surface area contributed by atoms with E-state index in [1.54, 1.807) is 13.2 Å². The van der Waals surface area contributed by atoms with Crippen LogP contribution in [-0.4, -0.2) is 23.1 Å². The van der Waals surface area contributed by atoms with Crippen LogP contribution < -0.4 is 5.69 Å². The van der Waals surface area contributed by atoms with Gasteiger partial charge in [0.05, 0.1) is 30.2 Å². The zero-order valence-corrected chi connectivity index (χ0v) is 7.73. The minimum atomic E-state index is -0.145. The minimum Gasteiger partial charge on any atom is -0.285 e. The lowest BCUT2D eigenvalue weighted by Crippen LogP contribution is -2.23. The standard InChI is InChI=1S/C6H7N5OS/c1-10-4-7-11(6(10)12)3-5-2-8-13-9-5/h2,4H,3H2,1H3. The van der Waals surface area contributed by atoms with Crippen molar-refractivity contribution in [3.05, 3.63) is 28.7 Å². The highest BCUT2D eigenvalue weighted by Gasteiger charge is 2.03. The zero-order chi connectivity index (χ0) is 9.26. The van der Waals surface area contributed by atoms with Gasteiger partial charge < -0.3 is 0 Å². The summed E-state index contributed by atoms with van der Waals surface area (Å²) in [6.07, 6.45) is 3.11. The summed E-state index contributed by atoms with van der Waals surface area (Å²) >= 11 is 1.12. The van der Waals surface area contributed by atoms with Crippen LogP contribution in [0.2, 0.25) is 0 Å². The van der Waals surface area contributed by atoms with Crippen molar-refractivity contribution in [3.8, 4) is 0 Å². The predicted octanol–water partition coefficient (Wildman–Crippen LogP) is -0.518. The SMILES string of the molecule is Cn1cnn(Cc2cnsn2)c1=O. The lowest BCUT2D eigenvalue weighted by Gasteiger charge is -1.92. The van der Waals surface area contributed by atoms with Crippen molar-refractivity contribution in [1.82, 2.24) is 23.1 Å². The molecular weight excluding hydrogens is 190 g/mol. The molecule has 0 aromatic carbocycles. The third kappa shape index (κ3) is 1.50. The highest BCUT2D eigenvalue weighted by atomic mass is 32.1. The van der Waals surface area contributed by atoms with Crippen LogP contribution in [-0.2, 0) is 13.6 Å². The Kier molecular flexibility index (Phi) is 1.93. The molecular formula is C6H7N5OS. The number of aromatic nitrogens is 5. The van der Waals surface area contributed by atoms with Gasteiger partial charge in [0.2, 0.25) is 0 Å². The van der Waals surface area contributed by atoms with E-state index < -0.39 is 0 Å². The maximum absolute atomic E-state index is 11.3. The normalized spacial score (nSPS) is 10.5. The van der Waals surface area contributed by atoms with Gasteiger partial charge >= 0.3 is 5.69 Å². The molecule has 0 saturated heterocycles. The molecule has 13 heavy (non-hydrogen) atoms. The number of hydrogen-bond donors (Lipinski definition) is 0. The first kappa shape index (κ1) is 8.11. The number of hydrogen-bond acceptors (Lipinski definition) is 5. The van der Waals surface area contributed by atoms with Crippen molar-refractivity contribution < 1.29 is 0 Å². The monoisotopic (exact) mass is 197 g/mol. The largest absolute Gasteiger partial charge is 0.345 e. The number of nitrogens with zero attached hydrogens (tertiary/aromatic N) is 5. The van der Waals surface area contributed by atoms with Gasteiger partial charge in [-0.05, 0) is 0 Å². The van der Waals surface area contributed by atoms with E-state index in [9.17, 15) is 4.79 Å². The van der Waals surface area contributed by atoms with Crippen molar-refractivity contribution in [2.75, 3.05) is 0 Å². The molecule has 0 saturated carbocycles. The van der Waals surface area contributed by atoms with Gasteiger partial charge in [0.25, 0.3) is 0 Å². The summed E-state index contributed by atoms with van der Waals surface area (Å²) in [6.45, 7) is 0.385. The fourth-order valence-corrected chi connectivity index (χ4v) is 1.36. The molecule has 0 amide bonds. The molecule has 0 spiro atoms. The molecule has 0 fully saturated rings. The quantitative estimate of drug-likeness (QED) is 0.650. The zero-order valence-electron chi connectivity index (χ0n) is 6.91. The Balaban J connectivity index is 2.29.